The van der Waals surface area contributed by atoms with Crippen LogP contribution in [0.1, 0.15) is 0 Å². The third-order valence-electron chi connectivity index (χ3n) is 1.07. The zero-order valence-corrected chi connectivity index (χ0v) is 7.14. The predicted octanol–water partition coefficient (Wildman–Crippen LogP) is 1.08. The summed E-state index contributed by atoms with van der Waals surface area (Å²) in [6.45, 7) is -0.431. The molecule has 0 bridgehead atoms. The highest BCUT2D eigenvalue weighted by Gasteiger charge is 1.96. The van der Waals surface area contributed by atoms with E-state index >= 15 is 0 Å². The van der Waals surface area contributed by atoms with Gasteiger partial charge in [0, 0.05) is 12.4 Å². The van der Waals surface area contributed by atoms with Crippen LogP contribution in [0.25, 0.3) is 0 Å². The molecule has 1 rings (SSSR count). The fourth-order valence-corrected chi connectivity index (χ4v) is 0.457. The first-order chi connectivity index (χ1) is 6.35. The normalized spacial score (nSPS) is 6.23. The number of hydrogen-bond acceptors (Lipinski definition) is 1. The van der Waals surface area contributed by atoms with E-state index in [9.17, 15) is 0 Å². The summed E-state index contributed by atoms with van der Waals surface area (Å²) in [5.74, 6) is 6.69. The number of rotatable bonds is 0. The highest BCUT2D eigenvalue weighted by atomic mass is 14.6. The zero-order valence-electron chi connectivity index (χ0n) is 7.14. The minimum Gasteiger partial charge on any atom is -0.265 e. The zero-order chi connectivity index (χ0) is 9.94. The van der Waals surface area contributed by atoms with Crippen LogP contribution < -0.4 is 0 Å². The Morgan fingerprint density at radius 2 is 1.31 bits per heavy atom. The van der Waals surface area contributed by atoms with Gasteiger partial charge in [0.05, 0.1) is 0 Å². The van der Waals surface area contributed by atoms with Gasteiger partial charge in [-0.05, 0) is 12.1 Å². The van der Waals surface area contributed by atoms with Crippen molar-refractivity contribution in [3.63, 3.8) is 0 Å². The Labute approximate surface area is 79.7 Å². The summed E-state index contributed by atoms with van der Waals surface area (Å²) in [4.78, 5) is 3.78. The van der Waals surface area contributed by atoms with Crippen LogP contribution in [0.5, 0.6) is 0 Å². The van der Waals surface area contributed by atoms with E-state index in [-0.39, 0.29) is 0 Å². The molecule has 0 aromatic carbocycles. The second kappa shape index (κ2) is 8.00. The van der Waals surface area contributed by atoms with Gasteiger partial charge in [-0.15, -0.1) is 36.7 Å². The first-order valence-electron chi connectivity index (χ1n) is 3.58. The maximum Gasteiger partial charge on any atom is 0.394 e. The molecular weight excluding hydrogens is 157 g/mol. The molecule has 0 aliphatic rings. The molecule has 0 atom stereocenters. The summed E-state index contributed by atoms with van der Waals surface area (Å²) >= 11 is 0. The van der Waals surface area contributed by atoms with Gasteiger partial charge in [0.25, 0.3) is 0 Å². The fraction of sp³-hybridized carbons (Fsp3) is 0. The van der Waals surface area contributed by atoms with Crippen LogP contribution in [0.3, 0.4) is 0 Å². The van der Waals surface area contributed by atoms with Gasteiger partial charge in [-0.3, -0.25) is 4.98 Å². The Morgan fingerprint density at radius 3 is 1.38 bits per heavy atom. The van der Waals surface area contributed by atoms with Crippen molar-refractivity contribution in [2.24, 2.45) is 0 Å². The SMILES string of the molecule is C#CB(C#C)C#C.c1ccncc1. The number of hydrogen-bond donors (Lipinski definition) is 0. The Kier molecular flexibility index (Phi) is 6.70. The molecule has 1 aromatic heterocycles. The summed E-state index contributed by atoms with van der Waals surface area (Å²) in [6, 6.07) is 5.72. The molecule has 13 heavy (non-hydrogen) atoms. The molecular formula is C11H8BN. The standard InChI is InChI=1S/C6H3B.C5H5N/c1-4-7(5-2)6-3;1-2-4-6-5-3-1/h1-3H;1-5H. The van der Waals surface area contributed by atoms with E-state index in [0.717, 1.165) is 0 Å². The van der Waals surface area contributed by atoms with Crippen molar-refractivity contribution in [3.05, 3.63) is 30.6 Å². The average molecular weight is 165 g/mol. The maximum atomic E-state index is 4.86. The molecule has 1 heterocycles. The lowest BCUT2D eigenvalue weighted by molar-refractivity contribution is 1.33. The lowest BCUT2D eigenvalue weighted by atomic mass is 9.53. The van der Waals surface area contributed by atoms with Gasteiger partial charge in [0.2, 0.25) is 0 Å². The van der Waals surface area contributed by atoms with Crippen molar-refractivity contribution in [3.8, 4) is 36.7 Å². The first-order valence-corrected chi connectivity index (χ1v) is 3.58. The highest BCUT2D eigenvalue weighted by Crippen LogP contribution is 1.73. The molecule has 2 heteroatoms. The Hall–Kier alpha value is -2.11. The van der Waals surface area contributed by atoms with Crippen molar-refractivity contribution in [1.29, 1.82) is 0 Å². The third kappa shape index (κ3) is 6.30. The van der Waals surface area contributed by atoms with Crippen molar-refractivity contribution < 1.29 is 0 Å². The van der Waals surface area contributed by atoms with E-state index in [1.54, 1.807) is 12.4 Å². The fourth-order valence-electron chi connectivity index (χ4n) is 0.457. The minimum absolute atomic E-state index is 0.431. The van der Waals surface area contributed by atoms with Gasteiger partial charge in [-0.1, -0.05) is 6.07 Å². The van der Waals surface area contributed by atoms with E-state index in [1.807, 2.05) is 18.2 Å². The second-order valence-electron chi connectivity index (χ2n) is 1.96. The summed E-state index contributed by atoms with van der Waals surface area (Å²) in [5.41, 5.74) is 0. The van der Waals surface area contributed by atoms with Crippen molar-refractivity contribution in [2.75, 3.05) is 0 Å². The van der Waals surface area contributed by atoms with Crippen molar-refractivity contribution >= 4 is 6.71 Å². The van der Waals surface area contributed by atoms with Gasteiger partial charge in [-0.25, -0.2) is 0 Å². The van der Waals surface area contributed by atoms with Crippen LogP contribution in [-0.4, -0.2) is 11.7 Å². The number of aromatic nitrogens is 1. The highest BCUT2D eigenvalue weighted by molar-refractivity contribution is 6.82. The largest absolute Gasteiger partial charge is 0.394 e. The minimum atomic E-state index is -0.431. The van der Waals surface area contributed by atoms with Crippen LogP contribution in [-0.2, 0) is 0 Å². The molecule has 0 aliphatic heterocycles. The Balaban J connectivity index is 0.000000223. The smallest absolute Gasteiger partial charge is 0.265 e. The molecule has 0 radical (unpaired) electrons. The lowest BCUT2D eigenvalue weighted by Gasteiger charge is -1.74. The molecule has 0 N–H and O–H groups in total. The Bertz CT molecular complexity index is 277. The van der Waals surface area contributed by atoms with Crippen LogP contribution in [0.4, 0.5) is 0 Å². The van der Waals surface area contributed by atoms with E-state index in [2.05, 4.69) is 22.4 Å². The quantitative estimate of drug-likeness (QED) is 0.414. The predicted molar refractivity (Wildman–Crippen MR) is 56.5 cm³/mol. The number of nitrogens with zero attached hydrogens (tertiary/aromatic N) is 1. The summed E-state index contributed by atoms with van der Waals surface area (Å²) < 4.78 is 0. The molecule has 0 unspecified atom stereocenters. The molecule has 1 nitrogen and oxygen atoms in total. The van der Waals surface area contributed by atoms with Gasteiger partial charge in [-0.2, -0.15) is 0 Å². The van der Waals surface area contributed by atoms with E-state index < -0.39 is 6.71 Å². The van der Waals surface area contributed by atoms with Crippen molar-refractivity contribution in [2.45, 2.75) is 0 Å². The van der Waals surface area contributed by atoms with Gasteiger partial charge >= 0.3 is 6.71 Å². The van der Waals surface area contributed by atoms with Crippen LogP contribution in [0.15, 0.2) is 30.6 Å². The van der Waals surface area contributed by atoms with Crippen molar-refractivity contribution in [1.82, 2.24) is 4.98 Å². The van der Waals surface area contributed by atoms with Gasteiger partial charge in [0.1, 0.15) is 0 Å². The molecule has 0 amide bonds. The van der Waals surface area contributed by atoms with Gasteiger partial charge in [0.15, 0.2) is 0 Å². The van der Waals surface area contributed by atoms with Crippen LogP contribution >= 0.6 is 0 Å². The summed E-state index contributed by atoms with van der Waals surface area (Å²) in [6.07, 6.45) is 18.1. The van der Waals surface area contributed by atoms with E-state index in [4.69, 9.17) is 19.3 Å². The molecule has 0 spiro atoms. The molecule has 0 fully saturated rings. The molecule has 1 aromatic rings. The monoisotopic (exact) mass is 165 g/mol. The summed E-state index contributed by atoms with van der Waals surface area (Å²) in [7, 11) is 0. The molecule has 0 saturated heterocycles. The summed E-state index contributed by atoms with van der Waals surface area (Å²) in [5, 5.41) is 0. The number of pyridine rings is 1. The lowest BCUT2D eigenvalue weighted by Crippen LogP contribution is -2.01. The molecule has 0 aliphatic carbocycles. The average Bonchev–Trinajstić information content (AvgIpc) is 2.24. The first kappa shape index (κ1) is 10.9. The molecule has 60 valence electrons. The van der Waals surface area contributed by atoms with E-state index in [0.29, 0.717) is 0 Å². The van der Waals surface area contributed by atoms with Crippen LogP contribution in [0, 0.1) is 36.7 Å². The van der Waals surface area contributed by atoms with E-state index in [1.165, 1.54) is 0 Å². The molecule has 0 saturated carbocycles. The van der Waals surface area contributed by atoms with Crippen LogP contribution in [0.2, 0.25) is 0 Å². The topological polar surface area (TPSA) is 12.9 Å². The maximum absolute atomic E-state index is 4.86. The second-order valence-corrected chi connectivity index (χ2v) is 1.96. The van der Waals surface area contributed by atoms with Gasteiger partial charge < -0.3 is 0 Å². The Morgan fingerprint density at radius 1 is 0.846 bits per heavy atom. The third-order valence-corrected chi connectivity index (χ3v) is 1.07. The number of terminal acetylenes is 3.